The minimum Gasteiger partial charge on any atom is -0.351 e. The number of benzene rings is 4. The summed E-state index contributed by atoms with van der Waals surface area (Å²) in [6, 6.07) is 17.2. The number of unbranched alkanes of at least 4 members (excludes halogenated alkanes) is 3. The normalized spacial score (nSPS) is 18.0. The summed E-state index contributed by atoms with van der Waals surface area (Å²) in [6.45, 7) is 1.57. The first-order valence-electron chi connectivity index (χ1n) is 25.0. The molecular formula is C53H57N8O13PS. The second kappa shape index (κ2) is 21.2. The smallest absolute Gasteiger partial charge is 0.351 e. The number of nitrogens with zero attached hydrogens (tertiary/aromatic N) is 3. The molecule has 0 spiro atoms. The Labute approximate surface area is 435 Å². The fourth-order valence-electron chi connectivity index (χ4n) is 10.5. The van der Waals surface area contributed by atoms with Gasteiger partial charge < -0.3 is 30.7 Å². The average molecular weight is 1080 g/mol. The van der Waals surface area contributed by atoms with E-state index in [-0.39, 0.29) is 60.0 Å². The van der Waals surface area contributed by atoms with Crippen molar-refractivity contribution in [3.63, 3.8) is 0 Å². The molecule has 1 saturated heterocycles. The average Bonchev–Trinajstić information content (AvgIpc) is 4.06. The third kappa shape index (κ3) is 11.1. The number of carbonyl (C=O) groups excluding carboxylic acids is 7. The molecule has 4 aromatic carbocycles. The molecule has 398 valence electrons. The van der Waals surface area contributed by atoms with Gasteiger partial charge in [-0.15, -0.1) is 0 Å². The molecule has 0 bridgehead atoms. The van der Waals surface area contributed by atoms with Gasteiger partial charge in [-0.2, -0.15) is 0 Å². The van der Waals surface area contributed by atoms with Crippen molar-refractivity contribution in [1.82, 2.24) is 35.4 Å². The van der Waals surface area contributed by atoms with E-state index in [2.05, 4.69) is 26.3 Å². The molecule has 5 heterocycles. The predicted molar refractivity (Wildman–Crippen MR) is 279 cm³/mol. The Bertz CT molecular complexity index is 3620. The predicted octanol–water partition coefficient (Wildman–Crippen LogP) is 3.69. The zero-order valence-corrected chi connectivity index (χ0v) is 43.6. The largest absolute Gasteiger partial charge is 0.396 e. The number of aryl methyl sites for hydroxylation is 4. The summed E-state index contributed by atoms with van der Waals surface area (Å²) in [7, 11) is -6.82. The van der Waals surface area contributed by atoms with Gasteiger partial charge in [0.2, 0.25) is 29.5 Å². The Morgan fingerprint density at radius 2 is 1.51 bits per heavy atom. The molecule has 4 atom stereocenters. The van der Waals surface area contributed by atoms with Crippen LogP contribution in [0.4, 0.5) is 5.69 Å². The molecule has 3 aliphatic rings. The highest BCUT2D eigenvalue weighted by atomic mass is 32.2. The second-order valence-electron chi connectivity index (χ2n) is 19.9. The van der Waals surface area contributed by atoms with Crippen LogP contribution in [0, 0.1) is 0 Å². The van der Waals surface area contributed by atoms with Crippen molar-refractivity contribution in [3.8, 4) is 0 Å². The van der Waals surface area contributed by atoms with Gasteiger partial charge >= 0.3 is 13.3 Å². The topological polar surface area (TPSA) is 305 Å². The van der Waals surface area contributed by atoms with E-state index in [1.165, 1.54) is 57.4 Å². The first kappa shape index (κ1) is 53.3. The summed E-state index contributed by atoms with van der Waals surface area (Å²) in [5, 5.41) is 11.0. The highest BCUT2D eigenvalue weighted by Crippen LogP contribution is 2.41. The molecule has 1 fully saturated rings. The first-order valence-corrected chi connectivity index (χ1v) is 28.5. The maximum atomic E-state index is 14.7. The number of anilines is 1. The molecule has 7 N–H and O–H groups in total. The zero-order chi connectivity index (χ0) is 54.4. The van der Waals surface area contributed by atoms with Gasteiger partial charge in [-0.25, -0.2) is 13.2 Å². The van der Waals surface area contributed by atoms with Crippen LogP contribution in [-0.4, -0.2) is 97.7 Å². The van der Waals surface area contributed by atoms with Crippen LogP contribution >= 0.6 is 7.60 Å². The number of rotatable bonds is 18. The van der Waals surface area contributed by atoms with E-state index < -0.39 is 76.7 Å². The molecule has 21 nitrogen and oxygen atoms in total. The molecule has 23 heteroatoms. The Hall–Kier alpha value is -7.52. The molecular weight excluding hydrogens is 1020 g/mol. The third-order valence-electron chi connectivity index (χ3n) is 14.4. The summed E-state index contributed by atoms with van der Waals surface area (Å²) in [6.07, 6.45) is 7.23. The van der Waals surface area contributed by atoms with Crippen molar-refractivity contribution in [2.24, 2.45) is 7.05 Å². The summed E-state index contributed by atoms with van der Waals surface area (Å²) in [5.41, 5.74) is 4.70. The first-order chi connectivity index (χ1) is 36.0. The zero-order valence-electron chi connectivity index (χ0n) is 41.9. The van der Waals surface area contributed by atoms with E-state index in [0.717, 1.165) is 60.6 Å². The van der Waals surface area contributed by atoms with Crippen LogP contribution in [0.25, 0.3) is 21.9 Å². The second-order valence-corrected chi connectivity index (χ2v) is 23.4. The number of hydrogen-bond donors (Lipinski definition) is 7. The summed E-state index contributed by atoms with van der Waals surface area (Å²) in [5.74, 6) is -3.15. The molecule has 9 rings (SSSR count). The van der Waals surface area contributed by atoms with Crippen LogP contribution in [0.3, 0.4) is 0 Å². The van der Waals surface area contributed by atoms with Crippen molar-refractivity contribution >= 4 is 86.0 Å². The number of piperidine rings is 1. The van der Waals surface area contributed by atoms with E-state index in [1.54, 1.807) is 19.2 Å². The minimum atomic E-state index is -5.07. The highest BCUT2D eigenvalue weighted by Gasteiger charge is 2.45. The standard InChI is InChI=1S/C53H57N8O13PS/c1-29(47(63)54-28-31-10-15-37(16-11-31)76(3,73)74)55-50(66)44-27-36-23-32(9-7-5-4-6-8-30-12-19-41-43(24-30)59(2)53(69)60(41)42-20-21-45(62)58-49(42)65)22-33-13-18-39(51(67)61(44)46(33)36)57-48(64)40-26-35-25-34(14-17-38(35)56-40)52(68)75(70,71)72/h10-12,14-17,19,22-26,29,39,42,44,56H,4-9,13,18,20-21,27-28H2,1-3H3,(H,54,63)(H,55,66)(H,57,64)(H,58,62,65)(H2,70,71,72)/t29?,39-,42?,44-/m0/s1. The van der Waals surface area contributed by atoms with Crippen LogP contribution in [0.1, 0.15) is 107 Å². The SMILES string of the molecule is CC(NC(=O)[C@@H]1Cc2cc(CCCCCCc3ccc4c(c3)n(C)c(=O)n4C3CCC(=O)NC3=O)cc3c2N1C(=O)[C@@H](NC(=O)c1cc2cc(C(=O)P(=O)(O)O)ccc2[nH]1)CC3)C(=O)NCc1ccc(S(C)(=O)=O)cc1. The lowest BCUT2D eigenvalue weighted by Crippen LogP contribution is -2.56. The number of hydrogen-bond acceptors (Lipinski definition) is 11. The minimum absolute atomic E-state index is 0.0185. The molecule has 3 aliphatic heterocycles. The maximum Gasteiger partial charge on any atom is 0.396 e. The van der Waals surface area contributed by atoms with Crippen molar-refractivity contribution < 1.29 is 56.3 Å². The molecule has 0 radical (unpaired) electrons. The van der Waals surface area contributed by atoms with Gasteiger partial charge in [0, 0.05) is 49.2 Å². The molecule has 2 aromatic heterocycles. The van der Waals surface area contributed by atoms with E-state index in [4.69, 9.17) is 0 Å². The fourth-order valence-corrected chi connectivity index (χ4v) is 11.6. The number of fused-ring (bicyclic) bond motifs is 2. The number of aromatic nitrogens is 3. The molecule has 0 saturated carbocycles. The van der Waals surface area contributed by atoms with Gasteiger partial charge in [-0.3, -0.25) is 57.5 Å². The quantitative estimate of drug-likeness (QED) is 0.0368. The van der Waals surface area contributed by atoms with Crippen LogP contribution in [0.5, 0.6) is 0 Å². The third-order valence-corrected chi connectivity index (χ3v) is 16.4. The van der Waals surface area contributed by atoms with Gasteiger partial charge in [0.05, 0.1) is 21.6 Å². The summed E-state index contributed by atoms with van der Waals surface area (Å²) < 4.78 is 38.4. The summed E-state index contributed by atoms with van der Waals surface area (Å²) in [4.78, 5) is 129. The number of nitrogens with one attached hydrogen (secondary N) is 5. The van der Waals surface area contributed by atoms with Crippen LogP contribution in [-0.2, 0) is 77.7 Å². The van der Waals surface area contributed by atoms with Gasteiger partial charge in [0.15, 0.2) is 9.84 Å². The van der Waals surface area contributed by atoms with Gasteiger partial charge in [-0.05, 0) is 128 Å². The Kier molecular flexibility index (Phi) is 14.9. The molecule has 6 amide bonds. The van der Waals surface area contributed by atoms with Crippen molar-refractivity contribution in [2.45, 2.75) is 113 Å². The van der Waals surface area contributed by atoms with E-state index in [1.807, 2.05) is 30.3 Å². The van der Waals surface area contributed by atoms with Crippen molar-refractivity contribution in [1.29, 1.82) is 0 Å². The fraction of sp³-hybridized carbons (Fsp3) is 0.358. The number of carbonyl (C=O) groups is 7. The lowest BCUT2D eigenvalue weighted by atomic mass is 9.95. The number of imide groups is 1. The van der Waals surface area contributed by atoms with Crippen LogP contribution < -0.4 is 31.9 Å². The molecule has 6 aromatic rings. The highest BCUT2D eigenvalue weighted by molar-refractivity contribution is 7.90. The van der Waals surface area contributed by atoms with Gasteiger partial charge in [0.1, 0.15) is 29.9 Å². The Morgan fingerprint density at radius 3 is 2.21 bits per heavy atom. The van der Waals surface area contributed by atoms with Gasteiger partial charge in [-0.1, -0.05) is 43.2 Å². The lowest BCUT2D eigenvalue weighted by molar-refractivity contribution is -0.135. The van der Waals surface area contributed by atoms with Crippen molar-refractivity contribution in [3.05, 3.63) is 128 Å². The van der Waals surface area contributed by atoms with E-state index >= 15 is 0 Å². The number of sulfone groups is 1. The lowest BCUT2D eigenvalue weighted by Gasteiger charge is -2.28. The number of amides is 6. The number of imidazole rings is 1. The summed E-state index contributed by atoms with van der Waals surface area (Å²) >= 11 is 0. The molecule has 2 unspecified atom stereocenters. The number of aromatic amines is 1. The van der Waals surface area contributed by atoms with Crippen LogP contribution in [0.2, 0.25) is 0 Å². The van der Waals surface area contributed by atoms with E-state index in [9.17, 15) is 61.1 Å². The maximum absolute atomic E-state index is 14.7. The number of H-pyrrole nitrogens is 1. The van der Waals surface area contributed by atoms with Crippen LogP contribution in [0.15, 0.2) is 88.6 Å². The van der Waals surface area contributed by atoms with E-state index in [0.29, 0.717) is 46.0 Å². The van der Waals surface area contributed by atoms with Crippen molar-refractivity contribution in [2.75, 3.05) is 11.2 Å². The monoisotopic (exact) mass is 1080 g/mol. The Morgan fingerprint density at radius 1 is 0.816 bits per heavy atom. The molecule has 76 heavy (non-hydrogen) atoms. The Balaban J connectivity index is 0.875. The molecule has 0 aliphatic carbocycles. The van der Waals surface area contributed by atoms with Gasteiger partial charge in [0.25, 0.3) is 11.4 Å².